The second kappa shape index (κ2) is 6.87. The van der Waals surface area contributed by atoms with Gasteiger partial charge in [0.25, 0.3) is 5.91 Å². The maximum atomic E-state index is 12.7. The fourth-order valence-corrected chi connectivity index (χ4v) is 2.35. The molecule has 0 spiro atoms. The van der Waals surface area contributed by atoms with Gasteiger partial charge in [0.1, 0.15) is 5.82 Å². The van der Waals surface area contributed by atoms with Gasteiger partial charge in [0.05, 0.1) is 5.56 Å². The van der Waals surface area contributed by atoms with Gasteiger partial charge in [-0.25, -0.2) is 4.98 Å². The molecule has 1 aromatic heterocycles. The summed E-state index contributed by atoms with van der Waals surface area (Å²) in [5.74, 6) is -0.0861. The van der Waals surface area contributed by atoms with E-state index in [-0.39, 0.29) is 11.7 Å². The van der Waals surface area contributed by atoms with Crippen LogP contribution in [-0.2, 0) is 0 Å². The molecule has 0 unspecified atom stereocenters. The summed E-state index contributed by atoms with van der Waals surface area (Å²) in [6.07, 6.45) is 1.68. The molecule has 0 aliphatic rings. The molecule has 0 bridgehead atoms. The van der Waals surface area contributed by atoms with Gasteiger partial charge in [-0.05, 0) is 24.6 Å². The third-order valence-electron chi connectivity index (χ3n) is 3.61. The van der Waals surface area contributed by atoms with Crippen LogP contribution in [-0.4, -0.2) is 16.7 Å². The molecule has 0 atom stereocenters. The molecular weight excluding hydrogens is 300 g/mol. The summed E-state index contributed by atoms with van der Waals surface area (Å²) in [5.41, 5.74) is 2.25. The number of rotatable bonds is 4. The Morgan fingerprint density at radius 1 is 0.833 bits per heavy atom. The molecule has 0 fully saturated rings. The van der Waals surface area contributed by atoms with Gasteiger partial charge >= 0.3 is 0 Å². The molecule has 2 aromatic carbocycles. The monoisotopic (exact) mass is 316 g/mol. The molecule has 0 saturated carbocycles. The molecule has 1 N–H and O–H groups in total. The number of benzene rings is 2. The molecule has 3 rings (SSSR count). The van der Waals surface area contributed by atoms with Gasteiger partial charge < -0.3 is 5.32 Å². The molecule has 1 heterocycles. The topological polar surface area (TPSA) is 59.1 Å². The Bertz CT molecular complexity index is 872. The Balaban J connectivity index is 1.90. The number of carbonyl (C=O) groups excluding carboxylic acids is 2. The van der Waals surface area contributed by atoms with E-state index in [1.54, 1.807) is 60.8 Å². The zero-order chi connectivity index (χ0) is 16.9. The summed E-state index contributed by atoms with van der Waals surface area (Å²) in [7, 11) is 0. The van der Waals surface area contributed by atoms with Crippen molar-refractivity contribution in [3.63, 3.8) is 0 Å². The molecule has 3 aromatic rings. The maximum absolute atomic E-state index is 12.7. The van der Waals surface area contributed by atoms with Gasteiger partial charge in [0.15, 0.2) is 5.78 Å². The largest absolute Gasteiger partial charge is 0.307 e. The lowest BCUT2D eigenvalue weighted by molar-refractivity contribution is 0.0996. The van der Waals surface area contributed by atoms with Gasteiger partial charge in [0.2, 0.25) is 0 Å². The second-order valence-electron chi connectivity index (χ2n) is 5.42. The van der Waals surface area contributed by atoms with Gasteiger partial charge in [-0.1, -0.05) is 54.6 Å². The van der Waals surface area contributed by atoms with Crippen LogP contribution in [0.15, 0.2) is 72.9 Å². The van der Waals surface area contributed by atoms with Crippen molar-refractivity contribution in [3.8, 4) is 0 Å². The smallest absolute Gasteiger partial charge is 0.257 e. The van der Waals surface area contributed by atoms with E-state index in [2.05, 4.69) is 10.3 Å². The number of ketones is 1. The van der Waals surface area contributed by atoms with Crippen molar-refractivity contribution in [2.24, 2.45) is 0 Å². The highest BCUT2D eigenvalue weighted by Crippen LogP contribution is 2.16. The normalized spacial score (nSPS) is 10.2. The van der Waals surface area contributed by atoms with Gasteiger partial charge in [-0.3, -0.25) is 9.59 Å². The number of aromatic nitrogens is 1. The first kappa shape index (κ1) is 15.6. The third-order valence-corrected chi connectivity index (χ3v) is 3.61. The summed E-state index contributed by atoms with van der Waals surface area (Å²) >= 11 is 0. The summed E-state index contributed by atoms with van der Waals surface area (Å²) in [4.78, 5) is 29.4. The van der Waals surface area contributed by atoms with E-state index in [1.807, 2.05) is 19.1 Å². The zero-order valence-corrected chi connectivity index (χ0v) is 13.2. The molecular formula is C20H16N2O2. The van der Waals surface area contributed by atoms with Crippen molar-refractivity contribution in [2.45, 2.75) is 6.92 Å². The highest BCUT2D eigenvalue weighted by molar-refractivity contribution is 6.17. The van der Waals surface area contributed by atoms with Crippen LogP contribution < -0.4 is 5.32 Å². The third kappa shape index (κ3) is 3.38. The van der Waals surface area contributed by atoms with Crippen LogP contribution in [0.5, 0.6) is 0 Å². The van der Waals surface area contributed by atoms with E-state index in [0.29, 0.717) is 22.5 Å². The number of amides is 1. The average Bonchev–Trinajstić information content (AvgIpc) is 2.63. The summed E-state index contributed by atoms with van der Waals surface area (Å²) in [6, 6.07) is 19.3. The quantitative estimate of drug-likeness (QED) is 0.743. The van der Waals surface area contributed by atoms with Crippen molar-refractivity contribution in [1.29, 1.82) is 0 Å². The summed E-state index contributed by atoms with van der Waals surface area (Å²) < 4.78 is 0. The van der Waals surface area contributed by atoms with Crippen molar-refractivity contribution in [2.75, 3.05) is 5.32 Å². The van der Waals surface area contributed by atoms with Crippen LogP contribution in [0.3, 0.4) is 0 Å². The van der Waals surface area contributed by atoms with Crippen LogP contribution in [0.1, 0.15) is 31.8 Å². The van der Waals surface area contributed by atoms with Crippen molar-refractivity contribution in [1.82, 2.24) is 4.98 Å². The Morgan fingerprint density at radius 3 is 2.17 bits per heavy atom. The predicted molar refractivity (Wildman–Crippen MR) is 93.2 cm³/mol. The Morgan fingerprint density at radius 2 is 1.50 bits per heavy atom. The highest BCUT2D eigenvalue weighted by Gasteiger charge is 2.18. The molecule has 24 heavy (non-hydrogen) atoms. The van der Waals surface area contributed by atoms with E-state index >= 15 is 0 Å². The molecule has 0 saturated heterocycles. The number of nitrogens with one attached hydrogen (secondary N) is 1. The fraction of sp³-hybridized carbons (Fsp3) is 0.0500. The predicted octanol–water partition coefficient (Wildman–Crippen LogP) is 3.87. The zero-order valence-electron chi connectivity index (χ0n) is 13.2. The van der Waals surface area contributed by atoms with Crippen molar-refractivity contribution in [3.05, 3.63) is 95.2 Å². The minimum atomic E-state index is -0.355. The first-order chi connectivity index (χ1) is 11.6. The molecule has 4 heteroatoms. The first-order valence-corrected chi connectivity index (χ1v) is 7.58. The highest BCUT2D eigenvalue weighted by atomic mass is 16.2. The van der Waals surface area contributed by atoms with E-state index in [0.717, 1.165) is 5.56 Å². The minimum absolute atomic E-state index is 0.182. The van der Waals surface area contributed by atoms with Crippen molar-refractivity contribution >= 4 is 17.5 Å². The first-order valence-electron chi connectivity index (χ1n) is 7.58. The van der Waals surface area contributed by atoms with Gasteiger partial charge in [0, 0.05) is 17.3 Å². The number of anilines is 1. The summed E-state index contributed by atoms with van der Waals surface area (Å²) in [5, 5.41) is 2.73. The number of carbonyl (C=O) groups is 2. The van der Waals surface area contributed by atoms with Crippen LogP contribution in [0.2, 0.25) is 0 Å². The second-order valence-corrected chi connectivity index (χ2v) is 5.42. The van der Waals surface area contributed by atoms with Crippen LogP contribution >= 0.6 is 0 Å². The van der Waals surface area contributed by atoms with E-state index in [1.165, 1.54) is 0 Å². The standard InChI is InChI=1S/C20H16N2O2/c1-14-11-12-18(21-13-14)22-20(24)17-10-6-5-9-16(17)19(23)15-7-3-2-4-8-15/h2-13H,1H3,(H,21,22,24). The number of pyridine rings is 1. The Labute approximate surface area is 140 Å². The van der Waals surface area contributed by atoms with Crippen LogP contribution in [0.25, 0.3) is 0 Å². The molecule has 4 nitrogen and oxygen atoms in total. The number of hydrogen-bond donors (Lipinski definition) is 1. The Hall–Kier alpha value is -3.27. The minimum Gasteiger partial charge on any atom is -0.307 e. The fourth-order valence-electron chi connectivity index (χ4n) is 2.35. The van der Waals surface area contributed by atoms with Gasteiger partial charge in [-0.2, -0.15) is 0 Å². The number of aryl methyl sites for hydroxylation is 1. The number of nitrogens with zero attached hydrogens (tertiary/aromatic N) is 1. The van der Waals surface area contributed by atoms with E-state index in [9.17, 15) is 9.59 Å². The van der Waals surface area contributed by atoms with Gasteiger partial charge in [-0.15, -0.1) is 0 Å². The SMILES string of the molecule is Cc1ccc(NC(=O)c2ccccc2C(=O)c2ccccc2)nc1. The molecule has 0 radical (unpaired) electrons. The Kier molecular flexibility index (Phi) is 4.47. The van der Waals surface area contributed by atoms with Crippen LogP contribution in [0, 0.1) is 6.92 Å². The van der Waals surface area contributed by atoms with E-state index < -0.39 is 0 Å². The average molecular weight is 316 g/mol. The molecule has 118 valence electrons. The lowest BCUT2D eigenvalue weighted by Crippen LogP contribution is -2.17. The van der Waals surface area contributed by atoms with E-state index in [4.69, 9.17) is 0 Å². The summed E-state index contributed by atoms with van der Waals surface area (Å²) in [6.45, 7) is 1.92. The van der Waals surface area contributed by atoms with Crippen molar-refractivity contribution < 1.29 is 9.59 Å². The van der Waals surface area contributed by atoms with Crippen LogP contribution in [0.4, 0.5) is 5.82 Å². The molecule has 0 aliphatic carbocycles. The molecule has 0 aliphatic heterocycles. The lowest BCUT2D eigenvalue weighted by Gasteiger charge is -2.09. The molecule has 1 amide bonds. The lowest BCUT2D eigenvalue weighted by atomic mass is 9.98. The maximum Gasteiger partial charge on any atom is 0.257 e. The number of hydrogen-bond acceptors (Lipinski definition) is 3.